The second kappa shape index (κ2) is 3.69. The summed E-state index contributed by atoms with van der Waals surface area (Å²) in [4.78, 5) is 0. The number of hydrogen-bond acceptors (Lipinski definition) is 2. The van der Waals surface area contributed by atoms with Gasteiger partial charge in [0.1, 0.15) is 0 Å². The molecule has 1 rings (SSSR count). The first-order valence-electron chi connectivity index (χ1n) is 3.86. The molecule has 0 amide bonds. The number of piperazine rings is 1. The molecule has 1 aliphatic heterocycles. The van der Waals surface area contributed by atoms with Crippen molar-refractivity contribution in [1.82, 2.24) is 13.9 Å². The Morgan fingerprint density at radius 3 is 2.17 bits per heavy atom. The van der Waals surface area contributed by atoms with Crippen molar-refractivity contribution in [2.45, 2.75) is 0 Å². The normalized spacial score (nSPS) is 21.6. The molecule has 1 aliphatic rings. The van der Waals surface area contributed by atoms with Crippen molar-refractivity contribution in [3.05, 3.63) is 0 Å². The van der Waals surface area contributed by atoms with Crippen LogP contribution in [0.15, 0.2) is 0 Å². The van der Waals surface area contributed by atoms with E-state index in [-0.39, 0.29) is 0 Å². The Morgan fingerprint density at radius 1 is 1.25 bits per heavy atom. The van der Waals surface area contributed by atoms with Gasteiger partial charge in [-0.15, -0.1) is 0 Å². The van der Waals surface area contributed by atoms with Crippen molar-refractivity contribution in [3.8, 4) is 0 Å². The van der Waals surface area contributed by atoms with Crippen LogP contribution in [0, 0.1) is 0 Å². The number of nitrogens with zero attached hydrogens (tertiary/aromatic N) is 3. The van der Waals surface area contributed by atoms with Crippen LogP contribution in [0.4, 0.5) is 0 Å². The zero-order chi connectivity index (χ0) is 9.19. The van der Waals surface area contributed by atoms with E-state index in [1.165, 1.54) is 8.61 Å². The van der Waals surface area contributed by atoms with E-state index in [4.69, 9.17) is 0 Å². The average Bonchev–Trinajstić information content (AvgIpc) is 2.06. The smallest absolute Gasteiger partial charge is 0.239 e. The van der Waals surface area contributed by atoms with E-state index >= 15 is 0 Å². The van der Waals surface area contributed by atoms with Crippen molar-refractivity contribution in [2.75, 3.05) is 40.3 Å². The van der Waals surface area contributed by atoms with Crippen LogP contribution in [0.25, 0.3) is 0 Å². The molecule has 71 valence electrons. The van der Waals surface area contributed by atoms with E-state index in [9.17, 15) is 8.42 Å². The predicted molar refractivity (Wildman–Crippen MR) is 46.0 cm³/mol. The van der Waals surface area contributed by atoms with Crippen LogP contribution in [0.3, 0.4) is 0 Å². The standard InChI is InChI=1S/C6H14N3O2S/c1-8(2)12(10,11)9-5-3-7-4-6-9/h3-6H2,1-2H3. The highest BCUT2D eigenvalue weighted by molar-refractivity contribution is 7.86. The van der Waals surface area contributed by atoms with Gasteiger partial charge in [0.15, 0.2) is 0 Å². The van der Waals surface area contributed by atoms with Crippen molar-refractivity contribution < 1.29 is 8.42 Å². The molecule has 0 aromatic heterocycles. The van der Waals surface area contributed by atoms with Crippen molar-refractivity contribution in [3.63, 3.8) is 0 Å². The molecule has 1 radical (unpaired) electrons. The molecule has 0 atom stereocenters. The van der Waals surface area contributed by atoms with Gasteiger partial charge in [-0.2, -0.15) is 17.0 Å². The first kappa shape index (κ1) is 9.91. The van der Waals surface area contributed by atoms with E-state index < -0.39 is 10.2 Å². The highest BCUT2D eigenvalue weighted by atomic mass is 32.2. The van der Waals surface area contributed by atoms with Gasteiger partial charge in [0, 0.05) is 40.3 Å². The van der Waals surface area contributed by atoms with Crippen LogP contribution in [-0.4, -0.2) is 57.3 Å². The molecule has 0 unspecified atom stereocenters. The van der Waals surface area contributed by atoms with E-state index in [0.717, 1.165) is 0 Å². The fraction of sp³-hybridized carbons (Fsp3) is 1.00. The first-order chi connectivity index (χ1) is 5.55. The van der Waals surface area contributed by atoms with Gasteiger partial charge in [-0.1, -0.05) is 0 Å². The van der Waals surface area contributed by atoms with Crippen LogP contribution in [0.2, 0.25) is 0 Å². The van der Waals surface area contributed by atoms with Gasteiger partial charge in [-0.05, 0) is 0 Å². The maximum atomic E-state index is 11.5. The zero-order valence-corrected chi connectivity index (χ0v) is 8.21. The lowest BCUT2D eigenvalue weighted by molar-refractivity contribution is 0.333. The lowest BCUT2D eigenvalue weighted by Crippen LogP contribution is -2.48. The zero-order valence-electron chi connectivity index (χ0n) is 7.39. The quantitative estimate of drug-likeness (QED) is 0.547. The summed E-state index contributed by atoms with van der Waals surface area (Å²) in [6.07, 6.45) is 0. The van der Waals surface area contributed by atoms with Crippen LogP contribution in [0.5, 0.6) is 0 Å². The minimum Gasteiger partial charge on any atom is -0.239 e. The maximum absolute atomic E-state index is 11.5. The molecule has 6 heteroatoms. The molecule has 0 spiro atoms. The number of rotatable bonds is 2. The molecule has 5 nitrogen and oxygen atoms in total. The van der Waals surface area contributed by atoms with E-state index in [0.29, 0.717) is 26.2 Å². The SMILES string of the molecule is CN(C)S(=O)(=O)N1CC[N]CC1. The van der Waals surface area contributed by atoms with Gasteiger partial charge in [0.05, 0.1) is 0 Å². The molecule has 0 aromatic carbocycles. The van der Waals surface area contributed by atoms with E-state index in [1.807, 2.05) is 0 Å². The Kier molecular flexibility index (Phi) is 3.05. The lowest BCUT2D eigenvalue weighted by atomic mass is 10.4. The van der Waals surface area contributed by atoms with E-state index in [1.54, 1.807) is 14.1 Å². The summed E-state index contributed by atoms with van der Waals surface area (Å²) in [6, 6.07) is 0. The minimum absolute atomic E-state index is 0.514. The number of hydrogen-bond donors (Lipinski definition) is 0. The van der Waals surface area contributed by atoms with Crippen LogP contribution in [-0.2, 0) is 10.2 Å². The van der Waals surface area contributed by atoms with Crippen molar-refractivity contribution >= 4 is 10.2 Å². The molecule has 0 bridgehead atoms. The molecular formula is C6H14N3O2S. The summed E-state index contributed by atoms with van der Waals surface area (Å²) in [5.74, 6) is 0. The van der Waals surface area contributed by atoms with Crippen LogP contribution < -0.4 is 5.32 Å². The average molecular weight is 192 g/mol. The van der Waals surface area contributed by atoms with Crippen LogP contribution >= 0.6 is 0 Å². The van der Waals surface area contributed by atoms with Gasteiger partial charge in [-0.3, -0.25) is 0 Å². The third kappa shape index (κ3) is 1.95. The summed E-state index contributed by atoms with van der Waals surface area (Å²) >= 11 is 0. The fourth-order valence-corrected chi connectivity index (χ4v) is 2.14. The monoisotopic (exact) mass is 192 g/mol. The summed E-state index contributed by atoms with van der Waals surface area (Å²) in [5.41, 5.74) is 0. The Labute approximate surface area is 73.5 Å². The molecule has 1 heterocycles. The molecule has 0 N–H and O–H groups in total. The largest absolute Gasteiger partial charge is 0.281 e. The molecule has 0 saturated carbocycles. The second-order valence-electron chi connectivity index (χ2n) is 2.86. The van der Waals surface area contributed by atoms with Crippen molar-refractivity contribution in [2.24, 2.45) is 0 Å². The fourth-order valence-electron chi connectivity index (χ4n) is 1.05. The lowest BCUT2D eigenvalue weighted by Gasteiger charge is -2.28. The first-order valence-corrected chi connectivity index (χ1v) is 5.25. The molecule has 12 heavy (non-hydrogen) atoms. The van der Waals surface area contributed by atoms with Gasteiger partial charge in [-0.25, -0.2) is 5.32 Å². The predicted octanol–water partition coefficient (Wildman–Crippen LogP) is -1.29. The van der Waals surface area contributed by atoms with Gasteiger partial charge in [0.2, 0.25) is 0 Å². The third-order valence-electron chi connectivity index (χ3n) is 1.80. The molecule has 0 aliphatic carbocycles. The summed E-state index contributed by atoms with van der Waals surface area (Å²) in [5, 5.41) is 4.08. The summed E-state index contributed by atoms with van der Waals surface area (Å²) in [6.45, 7) is 2.27. The summed E-state index contributed by atoms with van der Waals surface area (Å²) < 4.78 is 25.7. The molecular weight excluding hydrogens is 178 g/mol. The Morgan fingerprint density at radius 2 is 1.75 bits per heavy atom. The third-order valence-corrected chi connectivity index (χ3v) is 3.74. The van der Waals surface area contributed by atoms with Crippen LogP contribution in [0.1, 0.15) is 0 Å². The summed E-state index contributed by atoms with van der Waals surface area (Å²) in [7, 11) is -0.108. The Balaban J connectivity index is 2.67. The minimum atomic E-state index is -3.19. The highest BCUT2D eigenvalue weighted by Crippen LogP contribution is 2.04. The topological polar surface area (TPSA) is 54.7 Å². The Hall–Kier alpha value is -0.170. The van der Waals surface area contributed by atoms with Gasteiger partial charge < -0.3 is 0 Å². The van der Waals surface area contributed by atoms with Gasteiger partial charge >= 0.3 is 0 Å². The Bertz CT molecular complexity index is 231. The maximum Gasteiger partial charge on any atom is 0.281 e. The van der Waals surface area contributed by atoms with E-state index in [2.05, 4.69) is 5.32 Å². The van der Waals surface area contributed by atoms with Crippen molar-refractivity contribution in [1.29, 1.82) is 0 Å². The highest BCUT2D eigenvalue weighted by Gasteiger charge is 2.25. The molecule has 0 aromatic rings. The molecule has 1 saturated heterocycles. The molecule has 1 fully saturated rings. The van der Waals surface area contributed by atoms with Gasteiger partial charge in [0.25, 0.3) is 10.2 Å². The second-order valence-corrected chi connectivity index (χ2v) is 5.00.